The Bertz CT molecular complexity index is 139. The summed E-state index contributed by atoms with van der Waals surface area (Å²) in [6, 6.07) is 0. The summed E-state index contributed by atoms with van der Waals surface area (Å²) in [5, 5.41) is 17.6. The number of rotatable bonds is 11. The van der Waals surface area contributed by atoms with Crippen molar-refractivity contribution in [2.75, 3.05) is 26.4 Å². The van der Waals surface area contributed by atoms with Gasteiger partial charge in [0.1, 0.15) is 0 Å². The van der Waals surface area contributed by atoms with Gasteiger partial charge in [0.2, 0.25) is 0 Å². The van der Waals surface area contributed by atoms with Crippen LogP contribution in [0.3, 0.4) is 0 Å². The molecule has 0 aromatic heterocycles. The molecule has 2 atom stereocenters. The molecule has 2 N–H and O–H groups in total. The zero-order chi connectivity index (χ0) is 12.2. The SMILES string of the molecule is CC(O)COCC(C)OCCCCCCO. The van der Waals surface area contributed by atoms with Crippen LogP contribution in [-0.2, 0) is 9.47 Å². The number of hydrogen-bond donors (Lipinski definition) is 2. The van der Waals surface area contributed by atoms with Crippen LogP contribution in [0.15, 0.2) is 0 Å². The first-order valence-electron chi connectivity index (χ1n) is 6.15. The first-order valence-corrected chi connectivity index (χ1v) is 6.15. The van der Waals surface area contributed by atoms with Crippen LogP contribution in [0.4, 0.5) is 0 Å². The first-order chi connectivity index (χ1) is 7.66. The monoisotopic (exact) mass is 234 g/mol. The van der Waals surface area contributed by atoms with Crippen molar-refractivity contribution < 1.29 is 19.7 Å². The van der Waals surface area contributed by atoms with Gasteiger partial charge in [-0.2, -0.15) is 0 Å². The number of unbranched alkanes of at least 4 members (excludes halogenated alkanes) is 3. The Morgan fingerprint density at radius 2 is 1.69 bits per heavy atom. The topological polar surface area (TPSA) is 58.9 Å². The highest BCUT2D eigenvalue weighted by molar-refractivity contribution is 4.50. The molecule has 0 fully saturated rings. The van der Waals surface area contributed by atoms with Crippen molar-refractivity contribution in [3.8, 4) is 0 Å². The van der Waals surface area contributed by atoms with E-state index in [0.29, 0.717) is 13.2 Å². The fourth-order valence-electron chi connectivity index (χ4n) is 1.30. The van der Waals surface area contributed by atoms with E-state index in [9.17, 15) is 0 Å². The summed E-state index contributed by atoms with van der Waals surface area (Å²) in [4.78, 5) is 0. The largest absolute Gasteiger partial charge is 0.396 e. The lowest BCUT2D eigenvalue weighted by molar-refractivity contribution is -0.0291. The van der Waals surface area contributed by atoms with Gasteiger partial charge in [-0.15, -0.1) is 0 Å². The van der Waals surface area contributed by atoms with Crippen LogP contribution in [0.5, 0.6) is 0 Å². The maximum absolute atomic E-state index is 8.98. The van der Waals surface area contributed by atoms with Crippen molar-refractivity contribution in [1.82, 2.24) is 0 Å². The Kier molecular flexibility index (Phi) is 11.2. The van der Waals surface area contributed by atoms with E-state index < -0.39 is 6.10 Å². The highest BCUT2D eigenvalue weighted by Gasteiger charge is 2.03. The van der Waals surface area contributed by atoms with Crippen molar-refractivity contribution in [3.05, 3.63) is 0 Å². The fourth-order valence-corrected chi connectivity index (χ4v) is 1.30. The van der Waals surface area contributed by atoms with Crippen LogP contribution >= 0.6 is 0 Å². The van der Waals surface area contributed by atoms with Gasteiger partial charge in [0.25, 0.3) is 0 Å². The minimum Gasteiger partial charge on any atom is -0.396 e. The number of aliphatic hydroxyl groups is 2. The predicted octanol–water partition coefficient (Wildman–Crippen LogP) is 1.34. The van der Waals surface area contributed by atoms with Crippen LogP contribution in [0.1, 0.15) is 39.5 Å². The van der Waals surface area contributed by atoms with Crippen molar-refractivity contribution in [1.29, 1.82) is 0 Å². The average Bonchev–Trinajstić information content (AvgIpc) is 2.22. The summed E-state index contributed by atoms with van der Waals surface area (Å²) in [6.07, 6.45) is 3.74. The highest BCUT2D eigenvalue weighted by Crippen LogP contribution is 2.01. The third-order valence-electron chi connectivity index (χ3n) is 2.17. The van der Waals surface area contributed by atoms with Crippen LogP contribution in [-0.4, -0.2) is 48.8 Å². The van der Waals surface area contributed by atoms with Gasteiger partial charge in [-0.3, -0.25) is 0 Å². The molecule has 0 radical (unpaired) electrons. The molecule has 2 unspecified atom stereocenters. The molecule has 0 aliphatic carbocycles. The molecular formula is C12H26O4. The molecule has 0 aromatic carbocycles. The van der Waals surface area contributed by atoms with E-state index in [1.807, 2.05) is 6.92 Å². The molecule has 0 saturated carbocycles. The first kappa shape index (κ1) is 15.8. The summed E-state index contributed by atoms with van der Waals surface area (Å²) in [5.74, 6) is 0. The third kappa shape index (κ3) is 11.9. The zero-order valence-electron chi connectivity index (χ0n) is 10.5. The Labute approximate surface area is 98.6 Å². The molecule has 16 heavy (non-hydrogen) atoms. The molecule has 0 bridgehead atoms. The minimum absolute atomic E-state index is 0.0802. The lowest BCUT2D eigenvalue weighted by atomic mass is 10.2. The molecule has 0 amide bonds. The van der Waals surface area contributed by atoms with E-state index in [1.54, 1.807) is 6.92 Å². The molecule has 0 rings (SSSR count). The number of aliphatic hydroxyl groups excluding tert-OH is 2. The van der Waals surface area contributed by atoms with E-state index in [2.05, 4.69) is 0 Å². The molecule has 0 aliphatic heterocycles. The molecule has 0 heterocycles. The van der Waals surface area contributed by atoms with Crippen LogP contribution in [0.25, 0.3) is 0 Å². The molecule has 0 saturated heterocycles. The number of hydrogen-bond acceptors (Lipinski definition) is 4. The van der Waals surface area contributed by atoms with Crippen LogP contribution in [0.2, 0.25) is 0 Å². The van der Waals surface area contributed by atoms with Crippen molar-refractivity contribution >= 4 is 0 Å². The van der Waals surface area contributed by atoms with Gasteiger partial charge < -0.3 is 19.7 Å². The van der Waals surface area contributed by atoms with Gasteiger partial charge >= 0.3 is 0 Å². The van der Waals surface area contributed by atoms with Crippen molar-refractivity contribution in [3.63, 3.8) is 0 Å². The molecule has 98 valence electrons. The van der Waals surface area contributed by atoms with E-state index in [0.717, 1.165) is 32.3 Å². The van der Waals surface area contributed by atoms with E-state index in [-0.39, 0.29) is 12.7 Å². The van der Waals surface area contributed by atoms with Crippen molar-refractivity contribution in [2.24, 2.45) is 0 Å². The van der Waals surface area contributed by atoms with E-state index >= 15 is 0 Å². The van der Waals surface area contributed by atoms with Crippen molar-refractivity contribution in [2.45, 2.75) is 51.7 Å². The molecule has 0 spiro atoms. The molecular weight excluding hydrogens is 208 g/mol. The smallest absolute Gasteiger partial charge is 0.0780 e. The molecule has 0 aliphatic rings. The lowest BCUT2D eigenvalue weighted by Crippen LogP contribution is -2.20. The third-order valence-corrected chi connectivity index (χ3v) is 2.17. The predicted molar refractivity (Wildman–Crippen MR) is 63.5 cm³/mol. The Hall–Kier alpha value is -0.160. The Morgan fingerprint density at radius 1 is 1.00 bits per heavy atom. The summed E-state index contributed by atoms with van der Waals surface area (Å²) in [5.41, 5.74) is 0. The minimum atomic E-state index is -0.411. The maximum atomic E-state index is 8.98. The van der Waals surface area contributed by atoms with Crippen LogP contribution in [0, 0.1) is 0 Å². The van der Waals surface area contributed by atoms with Gasteiger partial charge in [-0.05, 0) is 26.7 Å². The Morgan fingerprint density at radius 3 is 2.31 bits per heavy atom. The van der Waals surface area contributed by atoms with Gasteiger partial charge in [0.05, 0.1) is 25.4 Å². The maximum Gasteiger partial charge on any atom is 0.0780 e. The summed E-state index contributed by atoms with van der Waals surface area (Å²) >= 11 is 0. The fraction of sp³-hybridized carbons (Fsp3) is 1.00. The highest BCUT2D eigenvalue weighted by atomic mass is 16.5. The number of ether oxygens (including phenoxy) is 2. The zero-order valence-corrected chi connectivity index (χ0v) is 10.5. The van der Waals surface area contributed by atoms with Gasteiger partial charge in [0.15, 0.2) is 0 Å². The molecule has 4 heteroatoms. The average molecular weight is 234 g/mol. The quantitative estimate of drug-likeness (QED) is 0.530. The normalized spacial score (nSPS) is 15.0. The van der Waals surface area contributed by atoms with Gasteiger partial charge in [-0.25, -0.2) is 0 Å². The van der Waals surface area contributed by atoms with E-state index in [4.69, 9.17) is 19.7 Å². The molecule has 0 aromatic rings. The van der Waals surface area contributed by atoms with Crippen LogP contribution < -0.4 is 0 Å². The molecule has 4 nitrogen and oxygen atoms in total. The summed E-state index contributed by atoms with van der Waals surface area (Å²) in [6.45, 7) is 5.59. The van der Waals surface area contributed by atoms with Gasteiger partial charge in [-0.1, -0.05) is 12.8 Å². The standard InChI is InChI=1S/C12H26O4/c1-11(14)9-15-10-12(2)16-8-6-4-3-5-7-13/h11-14H,3-10H2,1-2H3. The van der Waals surface area contributed by atoms with E-state index in [1.165, 1.54) is 0 Å². The second kappa shape index (κ2) is 11.3. The second-order valence-electron chi connectivity index (χ2n) is 4.21. The lowest BCUT2D eigenvalue weighted by Gasteiger charge is -2.14. The van der Waals surface area contributed by atoms with Gasteiger partial charge in [0, 0.05) is 13.2 Å². The second-order valence-corrected chi connectivity index (χ2v) is 4.21. The summed E-state index contributed by atoms with van der Waals surface area (Å²) < 4.78 is 10.8. The Balaban J connectivity index is 3.14. The summed E-state index contributed by atoms with van der Waals surface area (Å²) in [7, 11) is 0.